The summed E-state index contributed by atoms with van der Waals surface area (Å²) in [5, 5.41) is 53.5. The van der Waals surface area contributed by atoms with Crippen LogP contribution in [0.25, 0.3) is 33.8 Å². The van der Waals surface area contributed by atoms with Crippen LogP contribution in [0.15, 0.2) is 109 Å². The molecule has 0 aliphatic rings. The number of imidazole rings is 2. The van der Waals surface area contributed by atoms with Crippen LogP contribution in [0, 0.1) is 13.8 Å². The quantitative estimate of drug-likeness (QED) is 0.0803. The highest BCUT2D eigenvalue weighted by Gasteiger charge is 2.21. The molecule has 2 atom stereocenters. The molecule has 8 aromatic rings. The number of aliphatic hydroxyl groups excluding tert-OH is 4. The number of anilines is 2. The fraction of sp³-hybridized carbons (Fsp3) is 0.200. The van der Waals surface area contributed by atoms with Gasteiger partial charge in [-0.25, -0.2) is 24.0 Å². The molecule has 63 heavy (non-hydrogen) atoms. The average molecular weight is 851 g/mol. The number of nitrogens with zero attached hydrogens (tertiary/aromatic N) is 8. The van der Waals surface area contributed by atoms with E-state index in [0.29, 0.717) is 73.8 Å². The Labute approximate surface area is 359 Å². The lowest BCUT2D eigenvalue weighted by Crippen LogP contribution is -2.21. The highest BCUT2D eigenvalue weighted by Crippen LogP contribution is 2.30. The molecule has 18 nitrogen and oxygen atoms in total. The normalized spacial score (nSPS) is 12.3. The van der Waals surface area contributed by atoms with E-state index in [0.717, 1.165) is 5.69 Å². The highest BCUT2D eigenvalue weighted by molar-refractivity contribution is 6.04. The van der Waals surface area contributed by atoms with Gasteiger partial charge in [0.2, 0.25) is 0 Å². The Morgan fingerprint density at radius 1 is 0.698 bits per heavy atom. The van der Waals surface area contributed by atoms with Gasteiger partial charge in [-0.1, -0.05) is 30.3 Å². The van der Waals surface area contributed by atoms with Crippen LogP contribution in [0.1, 0.15) is 43.6 Å². The van der Waals surface area contributed by atoms with Crippen LogP contribution in [-0.2, 0) is 6.42 Å². The number of aryl methyl sites for hydroxylation is 2. The fourth-order valence-electron chi connectivity index (χ4n) is 6.75. The summed E-state index contributed by atoms with van der Waals surface area (Å²) in [4.78, 5) is 45.8. The largest absolute Gasteiger partial charge is 0.491 e. The lowest BCUT2D eigenvalue weighted by atomic mass is 10.1. The van der Waals surface area contributed by atoms with Gasteiger partial charge in [-0.05, 0) is 80.6 Å². The number of aliphatic hydroxyl groups is 4. The SMILES string of the molecule is Cc1cc(NC(=O)c2cnc3ccc(-c4ccccc4OCC(O)CO)nn23)cc(Cc2cc(-c3cccc(OCC(O)CO)c3)nn3c(C(=O)Nc4cccc(C)n4)cnc23)n1. The van der Waals surface area contributed by atoms with Gasteiger partial charge in [-0.15, -0.1) is 0 Å². The van der Waals surface area contributed by atoms with E-state index >= 15 is 0 Å². The number of rotatable bonds is 16. The van der Waals surface area contributed by atoms with Crippen molar-refractivity contribution in [1.29, 1.82) is 0 Å². The molecule has 6 aromatic heterocycles. The van der Waals surface area contributed by atoms with Crippen LogP contribution < -0.4 is 20.1 Å². The number of carbonyl (C=O) groups is 2. The number of fused-ring (bicyclic) bond motifs is 2. The first-order chi connectivity index (χ1) is 30.5. The molecule has 6 N–H and O–H groups in total. The second-order valence-electron chi connectivity index (χ2n) is 14.6. The molecular weight excluding hydrogens is 809 g/mol. The molecule has 18 heteroatoms. The van der Waals surface area contributed by atoms with Crippen LogP contribution >= 0.6 is 0 Å². The predicted molar refractivity (Wildman–Crippen MR) is 231 cm³/mol. The van der Waals surface area contributed by atoms with Gasteiger partial charge in [-0.3, -0.25) is 14.6 Å². The zero-order chi connectivity index (χ0) is 44.0. The molecule has 0 spiro atoms. The van der Waals surface area contributed by atoms with Gasteiger partial charge >= 0.3 is 0 Å². The molecule has 0 aliphatic heterocycles. The van der Waals surface area contributed by atoms with Gasteiger partial charge in [0.1, 0.15) is 42.7 Å². The van der Waals surface area contributed by atoms with Crippen LogP contribution in [0.5, 0.6) is 11.5 Å². The molecule has 2 unspecified atom stereocenters. The van der Waals surface area contributed by atoms with Crippen molar-refractivity contribution in [3.05, 3.63) is 143 Å². The number of benzene rings is 2. The topological polar surface area (TPSA) is 244 Å². The number of nitrogens with one attached hydrogen (secondary N) is 2. The minimum atomic E-state index is -1.06. The molecule has 0 radical (unpaired) electrons. The van der Waals surface area contributed by atoms with E-state index in [1.807, 2.05) is 38.1 Å². The molecular formula is C45H42N10O8. The number of pyridine rings is 2. The lowest BCUT2D eigenvalue weighted by Gasteiger charge is -2.14. The molecule has 0 fully saturated rings. The molecule has 0 bridgehead atoms. The Kier molecular flexibility index (Phi) is 12.4. The molecule has 2 amide bonds. The highest BCUT2D eigenvalue weighted by atomic mass is 16.5. The van der Waals surface area contributed by atoms with Crippen molar-refractivity contribution in [2.75, 3.05) is 37.1 Å². The smallest absolute Gasteiger partial charge is 0.277 e. The third kappa shape index (κ3) is 9.64. The van der Waals surface area contributed by atoms with Crippen molar-refractivity contribution in [3.63, 3.8) is 0 Å². The van der Waals surface area contributed by atoms with Crippen molar-refractivity contribution in [2.45, 2.75) is 32.5 Å². The molecule has 6 heterocycles. The zero-order valence-corrected chi connectivity index (χ0v) is 34.1. The summed E-state index contributed by atoms with van der Waals surface area (Å²) in [6, 6.07) is 28.3. The number of hydrogen-bond donors (Lipinski definition) is 6. The summed E-state index contributed by atoms with van der Waals surface area (Å²) >= 11 is 0. The van der Waals surface area contributed by atoms with Crippen molar-refractivity contribution < 1.29 is 39.5 Å². The summed E-state index contributed by atoms with van der Waals surface area (Å²) in [6.45, 7) is 2.50. The van der Waals surface area contributed by atoms with Gasteiger partial charge in [0.15, 0.2) is 22.7 Å². The summed E-state index contributed by atoms with van der Waals surface area (Å²) in [6.07, 6.45) is 0.980. The van der Waals surface area contributed by atoms with Crippen molar-refractivity contribution in [3.8, 4) is 34.0 Å². The van der Waals surface area contributed by atoms with E-state index in [4.69, 9.17) is 24.7 Å². The van der Waals surface area contributed by atoms with Crippen LogP contribution in [0.3, 0.4) is 0 Å². The standard InChI is InChI=1S/C45H42N10O8/c1-26-7-5-12-41(49-26)51-45(61)39-21-47-43-29(18-37(53-55(39)43)28-8-6-9-34(17-28)62-24-32(58)22-56)16-31-19-30(15-27(2)48-31)50-44(60)38-20-46-42-14-13-36(52-54(38)42)35-10-3-4-11-40(35)63-25-33(59)23-57/h3-15,17-21,32-33,56-59H,16,22-25H2,1-2H3,(H,48,50,60)(H,49,51,61). The maximum Gasteiger partial charge on any atom is 0.277 e. The third-order valence-electron chi connectivity index (χ3n) is 9.73. The monoisotopic (exact) mass is 850 g/mol. The Morgan fingerprint density at radius 2 is 1.43 bits per heavy atom. The Hall–Kier alpha value is -7.64. The minimum absolute atomic E-state index is 0.119. The Bertz CT molecular complexity index is 2950. The first-order valence-electron chi connectivity index (χ1n) is 19.8. The number of amides is 2. The number of aromatic nitrogens is 8. The van der Waals surface area contributed by atoms with Gasteiger partial charge in [0, 0.05) is 45.9 Å². The number of para-hydroxylation sites is 1. The second-order valence-corrected chi connectivity index (χ2v) is 14.6. The van der Waals surface area contributed by atoms with Crippen LogP contribution in [0.2, 0.25) is 0 Å². The summed E-state index contributed by atoms with van der Waals surface area (Å²) in [7, 11) is 0. The van der Waals surface area contributed by atoms with Gasteiger partial charge in [0.25, 0.3) is 11.8 Å². The van der Waals surface area contributed by atoms with E-state index in [2.05, 4.69) is 25.6 Å². The molecule has 0 saturated carbocycles. The first-order valence-corrected chi connectivity index (χ1v) is 19.8. The van der Waals surface area contributed by atoms with Gasteiger partial charge in [-0.2, -0.15) is 10.2 Å². The molecule has 0 aliphatic carbocycles. The fourth-order valence-corrected chi connectivity index (χ4v) is 6.75. The average Bonchev–Trinajstić information content (AvgIpc) is 3.92. The summed E-state index contributed by atoms with van der Waals surface area (Å²) < 4.78 is 14.4. The Morgan fingerprint density at radius 3 is 2.24 bits per heavy atom. The van der Waals surface area contributed by atoms with E-state index in [1.54, 1.807) is 72.8 Å². The van der Waals surface area contributed by atoms with E-state index in [9.17, 15) is 30.0 Å². The minimum Gasteiger partial charge on any atom is -0.491 e. The van der Waals surface area contributed by atoms with Crippen LogP contribution in [0.4, 0.5) is 11.5 Å². The number of ether oxygens (including phenoxy) is 2. The zero-order valence-electron chi connectivity index (χ0n) is 34.1. The van der Waals surface area contributed by atoms with Crippen molar-refractivity contribution in [1.82, 2.24) is 39.2 Å². The van der Waals surface area contributed by atoms with E-state index in [1.165, 1.54) is 21.4 Å². The van der Waals surface area contributed by atoms with E-state index < -0.39 is 37.2 Å². The van der Waals surface area contributed by atoms with Crippen LogP contribution in [-0.4, -0.2) is 110 Å². The predicted octanol–water partition coefficient (Wildman–Crippen LogP) is 4.07. The second kappa shape index (κ2) is 18.5. The van der Waals surface area contributed by atoms with Gasteiger partial charge < -0.3 is 40.5 Å². The third-order valence-corrected chi connectivity index (χ3v) is 9.73. The molecule has 320 valence electrons. The first kappa shape index (κ1) is 42.1. The Balaban J connectivity index is 1.10. The molecule has 8 rings (SSSR count). The van der Waals surface area contributed by atoms with E-state index in [-0.39, 0.29) is 31.0 Å². The van der Waals surface area contributed by atoms with Gasteiger partial charge in [0.05, 0.1) is 37.0 Å². The van der Waals surface area contributed by atoms with Crippen molar-refractivity contribution in [2.24, 2.45) is 0 Å². The number of hydrogen-bond acceptors (Lipinski definition) is 14. The lowest BCUT2D eigenvalue weighted by molar-refractivity contribution is 0.0536. The molecule has 0 saturated heterocycles. The maximum atomic E-state index is 13.9. The maximum absolute atomic E-state index is 13.9. The number of carbonyl (C=O) groups excluding carboxylic acids is 2. The summed E-state index contributed by atoms with van der Waals surface area (Å²) in [5.41, 5.74) is 6.43. The molecule has 2 aromatic carbocycles. The summed E-state index contributed by atoms with van der Waals surface area (Å²) in [5.74, 6) is 0.285. The van der Waals surface area contributed by atoms with Crippen molar-refractivity contribution >= 4 is 34.6 Å².